The Morgan fingerprint density at radius 3 is 2.55 bits per heavy atom. The Morgan fingerprint density at radius 2 is 2.00 bits per heavy atom. The SMILES string of the molecule is C#Cc1cccc([C]=C)c1Br. The molecule has 0 heterocycles. The Morgan fingerprint density at radius 1 is 1.36 bits per heavy atom. The van der Waals surface area contributed by atoms with Gasteiger partial charge in [0.15, 0.2) is 0 Å². The molecule has 53 valence electrons. The van der Waals surface area contributed by atoms with Crippen LogP contribution in [0.2, 0.25) is 0 Å². The van der Waals surface area contributed by atoms with Crippen LogP contribution in [-0.2, 0) is 0 Å². The van der Waals surface area contributed by atoms with Crippen LogP contribution in [-0.4, -0.2) is 0 Å². The van der Waals surface area contributed by atoms with E-state index < -0.39 is 0 Å². The Bertz CT molecular complexity index is 318. The number of terminal acetylenes is 1. The number of hydrogen-bond acceptors (Lipinski definition) is 0. The molecule has 0 aliphatic rings. The van der Waals surface area contributed by atoms with Gasteiger partial charge in [-0.1, -0.05) is 24.6 Å². The Labute approximate surface area is 75.1 Å². The standard InChI is InChI=1S/C10H6Br/c1-3-8-6-5-7-9(4-2)10(8)11/h1,5-7H,2H2. The Balaban J connectivity index is 3.34. The van der Waals surface area contributed by atoms with E-state index in [1.807, 2.05) is 18.2 Å². The van der Waals surface area contributed by atoms with Gasteiger partial charge >= 0.3 is 0 Å². The van der Waals surface area contributed by atoms with Crippen molar-refractivity contribution in [3.05, 3.63) is 46.5 Å². The topological polar surface area (TPSA) is 0 Å². The third-order valence-corrected chi connectivity index (χ3v) is 2.20. The van der Waals surface area contributed by atoms with Gasteiger partial charge in [0, 0.05) is 10.0 Å². The molecule has 0 spiro atoms. The highest BCUT2D eigenvalue weighted by molar-refractivity contribution is 9.10. The quantitative estimate of drug-likeness (QED) is 0.619. The molecule has 0 amide bonds. The fourth-order valence-corrected chi connectivity index (χ4v) is 1.30. The molecular formula is C10H6Br. The average Bonchev–Trinajstić information content (AvgIpc) is 2.05. The molecule has 0 aliphatic carbocycles. The van der Waals surface area contributed by atoms with E-state index in [2.05, 4.69) is 34.5 Å². The molecular weight excluding hydrogens is 200 g/mol. The smallest absolute Gasteiger partial charge is 0.0410 e. The molecule has 0 aliphatic heterocycles. The zero-order chi connectivity index (χ0) is 8.27. The molecule has 1 radical (unpaired) electrons. The normalized spacial score (nSPS) is 8.73. The van der Waals surface area contributed by atoms with E-state index in [-0.39, 0.29) is 0 Å². The highest BCUT2D eigenvalue weighted by Gasteiger charge is 1.98. The number of rotatable bonds is 1. The van der Waals surface area contributed by atoms with Crippen LogP contribution in [0.4, 0.5) is 0 Å². The summed E-state index contributed by atoms with van der Waals surface area (Å²) in [5.41, 5.74) is 1.74. The minimum atomic E-state index is 0.832. The van der Waals surface area contributed by atoms with Gasteiger partial charge in [-0.25, -0.2) is 0 Å². The fraction of sp³-hybridized carbons (Fsp3) is 0. The van der Waals surface area contributed by atoms with Crippen molar-refractivity contribution in [2.24, 2.45) is 0 Å². The van der Waals surface area contributed by atoms with Crippen LogP contribution in [0, 0.1) is 18.4 Å². The van der Waals surface area contributed by atoms with E-state index in [1.165, 1.54) is 0 Å². The lowest BCUT2D eigenvalue weighted by Crippen LogP contribution is -1.81. The summed E-state index contributed by atoms with van der Waals surface area (Å²) in [6, 6.07) is 5.65. The second kappa shape index (κ2) is 3.41. The molecule has 0 aromatic heterocycles. The minimum absolute atomic E-state index is 0.832. The molecule has 1 aromatic rings. The molecule has 0 fully saturated rings. The van der Waals surface area contributed by atoms with Gasteiger partial charge < -0.3 is 0 Å². The molecule has 0 bridgehead atoms. The van der Waals surface area contributed by atoms with E-state index in [0.29, 0.717) is 0 Å². The van der Waals surface area contributed by atoms with Gasteiger partial charge in [0.25, 0.3) is 0 Å². The molecule has 1 rings (SSSR count). The highest BCUT2D eigenvalue weighted by Crippen LogP contribution is 2.20. The summed E-state index contributed by atoms with van der Waals surface area (Å²) in [5.74, 6) is 2.56. The molecule has 0 N–H and O–H groups in total. The maximum atomic E-state index is 5.25. The first kappa shape index (κ1) is 8.10. The number of hydrogen-bond donors (Lipinski definition) is 0. The largest absolute Gasteiger partial charge is 0.115 e. The van der Waals surface area contributed by atoms with Crippen LogP contribution in [0.1, 0.15) is 11.1 Å². The summed E-state index contributed by atoms with van der Waals surface area (Å²) in [6.07, 6.45) is 8.02. The van der Waals surface area contributed by atoms with E-state index in [4.69, 9.17) is 6.42 Å². The van der Waals surface area contributed by atoms with Gasteiger partial charge in [-0.15, -0.1) is 6.42 Å². The average molecular weight is 206 g/mol. The molecule has 0 saturated carbocycles. The van der Waals surface area contributed by atoms with Crippen molar-refractivity contribution in [3.63, 3.8) is 0 Å². The maximum Gasteiger partial charge on any atom is 0.0410 e. The molecule has 11 heavy (non-hydrogen) atoms. The van der Waals surface area contributed by atoms with Crippen molar-refractivity contribution in [3.8, 4) is 12.3 Å². The van der Waals surface area contributed by atoms with Crippen molar-refractivity contribution in [2.45, 2.75) is 0 Å². The predicted molar refractivity (Wildman–Crippen MR) is 50.0 cm³/mol. The summed E-state index contributed by atoms with van der Waals surface area (Å²) >= 11 is 3.36. The summed E-state index contributed by atoms with van der Waals surface area (Å²) in [6.45, 7) is 3.54. The second-order valence-corrected chi connectivity index (χ2v) is 2.78. The maximum absolute atomic E-state index is 5.25. The number of benzene rings is 1. The van der Waals surface area contributed by atoms with Gasteiger partial charge in [0.1, 0.15) is 0 Å². The highest BCUT2D eigenvalue weighted by atomic mass is 79.9. The molecule has 1 aromatic carbocycles. The summed E-state index contributed by atoms with van der Waals surface area (Å²) in [5, 5.41) is 0. The number of halogens is 1. The van der Waals surface area contributed by atoms with E-state index in [0.717, 1.165) is 15.6 Å². The molecule has 1 heteroatoms. The van der Waals surface area contributed by atoms with Gasteiger partial charge in [0.05, 0.1) is 0 Å². The van der Waals surface area contributed by atoms with Crippen LogP contribution in [0.25, 0.3) is 0 Å². The predicted octanol–water partition coefficient (Wildman–Crippen LogP) is 2.77. The first-order valence-corrected chi connectivity index (χ1v) is 3.87. The van der Waals surface area contributed by atoms with Gasteiger partial charge in [0.2, 0.25) is 0 Å². The monoisotopic (exact) mass is 205 g/mol. The third-order valence-electron chi connectivity index (χ3n) is 1.34. The summed E-state index contributed by atoms with van der Waals surface area (Å²) < 4.78 is 0.887. The van der Waals surface area contributed by atoms with E-state index in [1.54, 1.807) is 0 Å². The van der Waals surface area contributed by atoms with Crippen molar-refractivity contribution in [2.75, 3.05) is 0 Å². The van der Waals surface area contributed by atoms with Crippen molar-refractivity contribution in [1.29, 1.82) is 0 Å². The molecule has 0 atom stereocenters. The Kier molecular flexibility index (Phi) is 2.51. The third kappa shape index (κ3) is 1.53. The van der Waals surface area contributed by atoms with Crippen molar-refractivity contribution < 1.29 is 0 Å². The van der Waals surface area contributed by atoms with Crippen molar-refractivity contribution in [1.82, 2.24) is 0 Å². The lowest BCUT2D eigenvalue weighted by molar-refractivity contribution is 1.50. The van der Waals surface area contributed by atoms with Crippen LogP contribution in [0.3, 0.4) is 0 Å². The Hall–Kier alpha value is -1.00. The zero-order valence-corrected chi connectivity index (χ0v) is 7.48. The molecule has 0 nitrogen and oxygen atoms in total. The summed E-state index contributed by atoms with van der Waals surface area (Å²) in [4.78, 5) is 0. The van der Waals surface area contributed by atoms with Crippen LogP contribution < -0.4 is 0 Å². The van der Waals surface area contributed by atoms with E-state index in [9.17, 15) is 0 Å². The summed E-state index contributed by atoms with van der Waals surface area (Å²) in [7, 11) is 0. The van der Waals surface area contributed by atoms with E-state index >= 15 is 0 Å². The lowest BCUT2D eigenvalue weighted by atomic mass is 10.1. The fourth-order valence-electron chi connectivity index (χ4n) is 0.780. The van der Waals surface area contributed by atoms with Gasteiger partial charge in [-0.2, -0.15) is 0 Å². The zero-order valence-electron chi connectivity index (χ0n) is 5.89. The van der Waals surface area contributed by atoms with Crippen LogP contribution in [0.15, 0.2) is 29.3 Å². The minimum Gasteiger partial charge on any atom is -0.115 e. The van der Waals surface area contributed by atoms with Gasteiger partial charge in [-0.05, 0) is 33.6 Å². The van der Waals surface area contributed by atoms with Crippen LogP contribution in [0.5, 0.6) is 0 Å². The van der Waals surface area contributed by atoms with Crippen molar-refractivity contribution >= 4 is 15.9 Å². The first-order valence-electron chi connectivity index (χ1n) is 3.08. The molecule has 0 unspecified atom stereocenters. The second-order valence-electron chi connectivity index (χ2n) is 1.99. The van der Waals surface area contributed by atoms with Gasteiger partial charge in [-0.3, -0.25) is 0 Å². The lowest BCUT2D eigenvalue weighted by Gasteiger charge is -1.98. The molecule has 0 saturated heterocycles. The first-order chi connectivity index (χ1) is 5.29. The van der Waals surface area contributed by atoms with Crippen LogP contribution >= 0.6 is 15.9 Å².